The standard InChI is InChI=1S/C16H21NO4/c1-20-11-14(18)17-13-7-5-12(6-8-13)16(15(19)21-2)9-3-4-10-16/h5-8H,3-4,9-11H2,1-2H3,(H,17,18). The van der Waals surface area contributed by atoms with E-state index in [1.807, 2.05) is 24.3 Å². The molecule has 1 aliphatic rings. The van der Waals surface area contributed by atoms with Crippen molar-refractivity contribution in [2.24, 2.45) is 0 Å². The molecule has 1 saturated carbocycles. The maximum atomic E-state index is 12.2. The number of hydrogen-bond acceptors (Lipinski definition) is 4. The number of methoxy groups -OCH3 is 2. The summed E-state index contributed by atoms with van der Waals surface area (Å²) in [5.74, 6) is -0.370. The third-order valence-corrected chi connectivity index (χ3v) is 4.03. The van der Waals surface area contributed by atoms with E-state index in [-0.39, 0.29) is 18.5 Å². The summed E-state index contributed by atoms with van der Waals surface area (Å²) < 4.78 is 9.76. The van der Waals surface area contributed by atoms with Crippen molar-refractivity contribution in [3.8, 4) is 0 Å². The molecule has 0 spiro atoms. The van der Waals surface area contributed by atoms with Crippen LogP contribution >= 0.6 is 0 Å². The number of carbonyl (C=O) groups is 2. The smallest absolute Gasteiger partial charge is 0.316 e. The van der Waals surface area contributed by atoms with Crippen molar-refractivity contribution < 1.29 is 19.1 Å². The highest BCUT2D eigenvalue weighted by molar-refractivity contribution is 5.92. The van der Waals surface area contributed by atoms with Gasteiger partial charge in [0.2, 0.25) is 5.91 Å². The van der Waals surface area contributed by atoms with Crippen molar-refractivity contribution in [3.05, 3.63) is 29.8 Å². The molecule has 2 rings (SSSR count). The van der Waals surface area contributed by atoms with E-state index in [1.165, 1.54) is 14.2 Å². The molecule has 0 radical (unpaired) electrons. The van der Waals surface area contributed by atoms with E-state index in [9.17, 15) is 9.59 Å². The fourth-order valence-electron chi connectivity index (χ4n) is 2.99. The molecule has 1 amide bonds. The number of amides is 1. The average Bonchev–Trinajstić information content (AvgIpc) is 2.98. The van der Waals surface area contributed by atoms with Crippen molar-refractivity contribution in [1.82, 2.24) is 0 Å². The topological polar surface area (TPSA) is 64.6 Å². The lowest BCUT2D eigenvalue weighted by atomic mass is 9.79. The minimum Gasteiger partial charge on any atom is -0.468 e. The van der Waals surface area contributed by atoms with Gasteiger partial charge in [-0.3, -0.25) is 9.59 Å². The summed E-state index contributed by atoms with van der Waals surface area (Å²) >= 11 is 0. The second kappa shape index (κ2) is 6.72. The molecule has 0 unspecified atom stereocenters. The molecule has 5 nitrogen and oxygen atoms in total. The van der Waals surface area contributed by atoms with Crippen molar-refractivity contribution in [2.75, 3.05) is 26.1 Å². The predicted octanol–water partition coefficient (Wildman–Crippen LogP) is 2.26. The Morgan fingerprint density at radius 2 is 1.76 bits per heavy atom. The van der Waals surface area contributed by atoms with Crippen LogP contribution < -0.4 is 5.32 Å². The van der Waals surface area contributed by atoms with E-state index in [2.05, 4.69) is 5.32 Å². The Balaban J connectivity index is 2.17. The molecule has 0 atom stereocenters. The fraction of sp³-hybridized carbons (Fsp3) is 0.500. The van der Waals surface area contributed by atoms with Crippen LogP contribution in [0.5, 0.6) is 0 Å². The zero-order valence-electron chi connectivity index (χ0n) is 12.5. The van der Waals surface area contributed by atoms with Crippen molar-refractivity contribution in [1.29, 1.82) is 0 Å². The zero-order chi connectivity index (χ0) is 15.3. The third kappa shape index (κ3) is 3.24. The van der Waals surface area contributed by atoms with Crippen LogP contribution in [0.25, 0.3) is 0 Å². The summed E-state index contributed by atoms with van der Waals surface area (Å²) in [5, 5.41) is 2.74. The van der Waals surface area contributed by atoms with E-state index >= 15 is 0 Å². The Morgan fingerprint density at radius 3 is 2.29 bits per heavy atom. The first kappa shape index (κ1) is 15.5. The molecular formula is C16H21NO4. The number of hydrogen-bond donors (Lipinski definition) is 1. The molecule has 0 saturated heterocycles. The van der Waals surface area contributed by atoms with Gasteiger partial charge in [0.25, 0.3) is 0 Å². The lowest BCUT2D eigenvalue weighted by Gasteiger charge is -2.26. The van der Waals surface area contributed by atoms with Gasteiger partial charge in [-0.1, -0.05) is 25.0 Å². The van der Waals surface area contributed by atoms with Crippen LogP contribution in [0.3, 0.4) is 0 Å². The molecule has 1 aromatic carbocycles. The van der Waals surface area contributed by atoms with Gasteiger partial charge in [-0.25, -0.2) is 0 Å². The van der Waals surface area contributed by atoms with Crippen LogP contribution in [0.1, 0.15) is 31.2 Å². The highest BCUT2D eigenvalue weighted by atomic mass is 16.5. The van der Waals surface area contributed by atoms with E-state index in [4.69, 9.17) is 9.47 Å². The van der Waals surface area contributed by atoms with Gasteiger partial charge in [0, 0.05) is 12.8 Å². The normalized spacial score (nSPS) is 16.5. The van der Waals surface area contributed by atoms with E-state index in [1.54, 1.807) is 0 Å². The van der Waals surface area contributed by atoms with Crippen LogP contribution in [-0.4, -0.2) is 32.7 Å². The third-order valence-electron chi connectivity index (χ3n) is 4.03. The van der Waals surface area contributed by atoms with Gasteiger partial charge in [0.1, 0.15) is 6.61 Å². The van der Waals surface area contributed by atoms with Gasteiger partial charge in [-0.2, -0.15) is 0 Å². The molecule has 1 aliphatic carbocycles. The highest BCUT2D eigenvalue weighted by Gasteiger charge is 2.43. The predicted molar refractivity (Wildman–Crippen MR) is 79.1 cm³/mol. The lowest BCUT2D eigenvalue weighted by Crippen LogP contribution is -2.34. The number of ether oxygens (including phenoxy) is 2. The quantitative estimate of drug-likeness (QED) is 0.845. The Bertz CT molecular complexity index is 504. The van der Waals surface area contributed by atoms with Gasteiger partial charge in [0.15, 0.2) is 0 Å². The first-order valence-corrected chi connectivity index (χ1v) is 7.10. The second-order valence-electron chi connectivity index (χ2n) is 5.34. The van der Waals surface area contributed by atoms with Gasteiger partial charge in [-0.15, -0.1) is 0 Å². The van der Waals surface area contributed by atoms with Crippen LogP contribution in [0.15, 0.2) is 24.3 Å². The monoisotopic (exact) mass is 291 g/mol. The molecule has 1 aromatic rings. The van der Waals surface area contributed by atoms with Crippen LogP contribution in [0, 0.1) is 0 Å². The molecule has 1 N–H and O–H groups in total. The maximum absolute atomic E-state index is 12.2. The Kier molecular flexibility index (Phi) is 4.96. The minimum atomic E-state index is -0.524. The second-order valence-corrected chi connectivity index (χ2v) is 5.34. The number of nitrogens with one attached hydrogen (secondary N) is 1. The molecule has 0 bridgehead atoms. The lowest BCUT2D eigenvalue weighted by molar-refractivity contribution is -0.147. The molecule has 0 aliphatic heterocycles. The summed E-state index contributed by atoms with van der Waals surface area (Å²) in [6, 6.07) is 7.41. The van der Waals surface area contributed by atoms with Crippen LogP contribution in [0.2, 0.25) is 0 Å². The van der Waals surface area contributed by atoms with E-state index in [0.717, 1.165) is 31.2 Å². The number of benzene rings is 1. The molecular weight excluding hydrogens is 270 g/mol. The molecule has 114 valence electrons. The van der Waals surface area contributed by atoms with Gasteiger partial charge in [-0.05, 0) is 30.5 Å². The van der Waals surface area contributed by atoms with Gasteiger partial charge >= 0.3 is 5.97 Å². The summed E-state index contributed by atoms with van der Waals surface area (Å²) in [4.78, 5) is 23.6. The summed E-state index contributed by atoms with van der Waals surface area (Å²) in [6.07, 6.45) is 3.69. The maximum Gasteiger partial charge on any atom is 0.316 e. The van der Waals surface area contributed by atoms with Crippen molar-refractivity contribution in [2.45, 2.75) is 31.1 Å². The molecule has 0 aromatic heterocycles. The first-order chi connectivity index (χ1) is 10.1. The van der Waals surface area contributed by atoms with Crippen molar-refractivity contribution >= 4 is 17.6 Å². The Hall–Kier alpha value is -1.88. The molecule has 5 heteroatoms. The Morgan fingerprint density at radius 1 is 1.14 bits per heavy atom. The first-order valence-electron chi connectivity index (χ1n) is 7.10. The number of anilines is 1. The van der Waals surface area contributed by atoms with Crippen LogP contribution in [-0.2, 0) is 24.5 Å². The molecule has 21 heavy (non-hydrogen) atoms. The molecule has 1 fully saturated rings. The van der Waals surface area contributed by atoms with E-state index in [0.29, 0.717) is 5.69 Å². The fourth-order valence-corrected chi connectivity index (χ4v) is 2.99. The largest absolute Gasteiger partial charge is 0.468 e. The number of carbonyl (C=O) groups excluding carboxylic acids is 2. The summed E-state index contributed by atoms with van der Waals surface area (Å²) in [6.45, 7) is 0.0217. The Labute approximate surface area is 124 Å². The number of esters is 1. The average molecular weight is 291 g/mol. The summed E-state index contributed by atoms with van der Waals surface area (Å²) in [5.41, 5.74) is 1.12. The zero-order valence-corrected chi connectivity index (χ0v) is 12.5. The molecule has 0 heterocycles. The minimum absolute atomic E-state index is 0.0217. The van der Waals surface area contributed by atoms with E-state index < -0.39 is 5.41 Å². The highest BCUT2D eigenvalue weighted by Crippen LogP contribution is 2.42. The van der Waals surface area contributed by atoms with Gasteiger partial charge < -0.3 is 14.8 Å². The van der Waals surface area contributed by atoms with Crippen LogP contribution in [0.4, 0.5) is 5.69 Å². The SMILES string of the molecule is COCC(=O)Nc1ccc(C2(C(=O)OC)CCCC2)cc1. The summed E-state index contributed by atoms with van der Waals surface area (Å²) in [7, 11) is 2.91. The van der Waals surface area contributed by atoms with Crippen molar-refractivity contribution in [3.63, 3.8) is 0 Å². The number of rotatable bonds is 5. The van der Waals surface area contributed by atoms with Gasteiger partial charge in [0.05, 0.1) is 12.5 Å².